The SMILES string of the molecule is CC(OC(=O)c1ccccc1C(=O)O)C(C)c1ccccc1. The van der Waals surface area contributed by atoms with Crippen LogP contribution in [0.1, 0.15) is 46.0 Å². The van der Waals surface area contributed by atoms with Gasteiger partial charge in [-0.25, -0.2) is 9.59 Å². The van der Waals surface area contributed by atoms with E-state index in [-0.39, 0.29) is 23.1 Å². The molecular formula is C18H18O4. The van der Waals surface area contributed by atoms with Crippen LogP contribution in [0.25, 0.3) is 0 Å². The third-order valence-corrected chi connectivity index (χ3v) is 3.70. The molecule has 0 radical (unpaired) electrons. The van der Waals surface area contributed by atoms with Crippen LogP contribution in [0.3, 0.4) is 0 Å². The van der Waals surface area contributed by atoms with E-state index in [4.69, 9.17) is 9.84 Å². The van der Waals surface area contributed by atoms with Gasteiger partial charge < -0.3 is 9.84 Å². The number of hydrogen-bond donors (Lipinski definition) is 1. The van der Waals surface area contributed by atoms with E-state index in [9.17, 15) is 9.59 Å². The third kappa shape index (κ3) is 3.52. The summed E-state index contributed by atoms with van der Waals surface area (Å²) in [7, 11) is 0. The lowest BCUT2D eigenvalue weighted by Crippen LogP contribution is -2.22. The zero-order chi connectivity index (χ0) is 16.1. The van der Waals surface area contributed by atoms with Crippen molar-refractivity contribution < 1.29 is 19.4 Å². The molecule has 1 N–H and O–H groups in total. The Morgan fingerprint density at radius 3 is 2.05 bits per heavy atom. The molecule has 2 unspecified atom stereocenters. The van der Waals surface area contributed by atoms with E-state index in [1.54, 1.807) is 19.1 Å². The van der Waals surface area contributed by atoms with Crippen LogP contribution in [-0.4, -0.2) is 23.1 Å². The average molecular weight is 298 g/mol. The van der Waals surface area contributed by atoms with Gasteiger partial charge >= 0.3 is 11.9 Å². The van der Waals surface area contributed by atoms with E-state index in [1.807, 2.05) is 37.3 Å². The standard InChI is InChI=1S/C18H18O4/c1-12(14-8-4-3-5-9-14)13(2)22-18(21)16-11-7-6-10-15(16)17(19)20/h3-13H,1-2H3,(H,19,20). The summed E-state index contributed by atoms with van der Waals surface area (Å²) in [4.78, 5) is 23.4. The maximum Gasteiger partial charge on any atom is 0.339 e. The van der Waals surface area contributed by atoms with Gasteiger partial charge in [-0.3, -0.25) is 0 Å². The first-order chi connectivity index (χ1) is 10.5. The Labute approximate surface area is 129 Å². The predicted octanol–water partition coefficient (Wildman–Crippen LogP) is 3.73. The molecule has 4 nitrogen and oxygen atoms in total. The number of aromatic carboxylic acids is 1. The molecule has 2 atom stereocenters. The molecule has 0 saturated heterocycles. The molecule has 2 rings (SSSR count). The summed E-state index contributed by atoms with van der Waals surface area (Å²) in [5.74, 6) is -1.74. The van der Waals surface area contributed by atoms with Crippen molar-refractivity contribution in [2.45, 2.75) is 25.9 Å². The lowest BCUT2D eigenvalue weighted by molar-refractivity contribution is 0.0288. The summed E-state index contributed by atoms with van der Waals surface area (Å²) in [5, 5.41) is 9.13. The Morgan fingerprint density at radius 2 is 1.45 bits per heavy atom. The fraction of sp³-hybridized carbons (Fsp3) is 0.222. The van der Waals surface area contributed by atoms with Gasteiger partial charge in [0, 0.05) is 5.92 Å². The van der Waals surface area contributed by atoms with Gasteiger partial charge in [0.05, 0.1) is 11.1 Å². The van der Waals surface area contributed by atoms with E-state index in [0.717, 1.165) is 5.56 Å². The van der Waals surface area contributed by atoms with Crippen LogP contribution in [0, 0.1) is 0 Å². The maximum atomic E-state index is 12.2. The quantitative estimate of drug-likeness (QED) is 0.854. The van der Waals surface area contributed by atoms with Crippen molar-refractivity contribution in [1.29, 1.82) is 0 Å². The molecule has 0 aliphatic carbocycles. The molecular weight excluding hydrogens is 280 g/mol. The minimum Gasteiger partial charge on any atom is -0.478 e. The number of benzene rings is 2. The van der Waals surface area contributed by atoms with E-state index in [1.165, 1.54) is 12.1 Å². The highest BCUT2D eigenvalue weighted by Gasteiger charge is 2.22. The van der Waals surface area contributed by atoms with Crippen molar-refractivity contribution in [3.8, 4) is 0 Å². The van der Waals surface area contributed by atoms with E-state index in [2.05, 4.69) is 0 Å². The predicted molar refractivity (Wildman–Crippen MR) is 83.1 cm³/mol. The molecule has 0 spiro atoms. The van der Waals surface area contributed by atoms with E-state index >= 15 is 0 Å². The van der Waals surface area contributed by atoms with Crippen molar-refractivity contribution in [1.82, 2.24) is 0 Å². The summed E-state index contributed by atoms with van der Waals surface area (Å²) >= 11 is 0. The minimum atomic E-state index is -1.14. The lowest BCUT2D eigenvalue weighted by atomic mass is 9.96. The van der Waals surface area contributed by atoms with Crippen molar-refractivity contribution in [3.63, 3.8) is 0 Å². The summed E-state index contributed by atoms with van der Waals surface area (Å²) in [5.41, 5.74) is 1.09. The molecule has 2 aromatic rings. The number of esters is 1. The molecule has 114 valence electrons. The Bertz CT molecular complexity index is 664. The van der Waals surface area contributed by atoms with Gasteiger partial charge in [-0.2, -0.15) is 0 Å². The van der Waals surface area contributed by atoms with Gasteiger partial charge in [0.25, 0.3) is 0 Å². The van der Waals surface area contributed by atoms with Crippen molar-refractivity contribution in [2.75, 3.05) is 0 Å². The van der Waals surface area contributed by atoms with Crippen LogP contribution in [0.2, 0.25) is 0 Å². The number of carbonyl (C=O) groups is 2. The molecule has 22 heavy (non-hydrogen) atoms. The Balaban J connectivity index is 2.14. The molecule has 2 aromatic carbocycles. The number of rotatable bonds is 5. The van der Waals surface area contributed by atoms with Gasteiger partial charge in [-0.05, 0) is 24.6 Å². The summed E-state index contributed by atoms with van der Waals surface area (Å²) < 4.78 is 5.44. The molecule has 0 bridgehead atoms. The number of hydrogen-bond acceptors (Lipinski definition) is 3. The first-order valence-electron chi connectivity index (χ1n) is 7.09. The largest absolute Gasteiger partial charge is 0.478 e. The third-order valence-electron chi connectivity index (χ3n) is 3.70. The fourth-order valence-corrected chi connectivity index (χ4v) is 2.21. The number of carboxylic acid groups (broad SMARTS) is 1. The number of ether oxygens (including phenoxy) is 1. The monoisotopic (exact) mass is 298 g/mol. The Hall–Kier alpha value is -2.62. The first-order valence-corrected chi connectivity index (χ1v) is 7.09. The second-order valence-electron chi connectivity index (χ2n) is 5.16. The minimum absolute atomic E-state index is 0.0159. The van der Waals surface area contributed by atoms with Crippen LogP contribution in [0.5, 0.6) is 0 Å². The fourth-order valence-electron chi connectivity index (χ4n) is 2.21. The smallest absolute Gasteiger partial charge is 0.339 e. The molecule has 0 aliphatic rings. The van der Waals surface area contributed by atoms with Crippen LogP contribution < -0.4 is 0 Å². The molecule has 0 aliphatic heterocycles. The van der Waals surface area contributed by atoms with Gasteiger partial charge in [-0.15, -0.1) is 0 Å². The zero-order valence-electron chi connectivity index (χ0n) is 12.5. The molecule has 0 fully saturated rings. The highest BCUT2D eigenvalue weighted by atomic mass is 16.5. The Kier molecular flexibility index (Phi) is 4.94. The molecule has 0 aromatic heterocycles. The molecule has 0 amide bonds. The van der Waals surface area contributed by atoms with Crippen molar-refractivity contribution in [2.24, 2.45) is 0 Å². The highest BCUT2D eigenvalue weighted by Crippen LogP contribution is 2.22. The van der Waals surface area contributed by atoms with Crippen molar-refractivity contribution in [3.05, 3.63) is 71.3 Å². The first kappa shape index (κ1) is 15.8. The van der Waals surface area contributed by atoms with Gasteiger partial charge in [0.1, 0.15) is 6.10 Å². The highest BCUT2D eigenvalue weighted by molar-refractivity contribution is 6.02. The normalized spacial score (nSPS) is 13.2. The van der Waals surface area contributed by atoms with Crippen LogP contribution in [-0.2, 0) is 4.74 Å². The van der Waals surface area contributed by atoms with Crippen molar-refractivity contribution >= 4 is 11.9 Å². The average Bonchev–Trinajstić information content (AvgIpc) is 2.54. The molecule has 0 heterocycles. The van der Waals surface area contributed by atoms with Crippen LogP contribution in [0.15, 0.2) is 54.6 Å². The molecule has 4 heteroatoms. The van der Waals surface area contributed by atoms with E-state index in [0.29, 0.717) is 0 Å². The van der Waals surface area contributed by atoms with Gasteiger partial charge in [-0.1, -0.05) is 49.4 Å². The van der Waals surface area contributed by atoms with Crippen LogP contribution >= 0.6 is 0 Å². The number of carbonyl (C=O) groups excluding carboxylic acids is 1. The summed E-state index contributed by atoms with van der Waals surface area (Å²) in [6, 6.07) is 15.8. The second kappa shape index (κ2) is 6.89. The number of carboxylic acids is 1. The van der Waals surface area contributed by atoms with Gasteiger partial charge in [0.15, 0.2) is 0 Å². The maximum absolute atomic E-state index is 12.2. The topological polar surface area (TPSA) is 63.6 Å². The van der Waals surface area contributed by atoms with E-state index < -0.39 is 11.9 Å². The van der Waals surface area contributed by atoms with Gasteiger partial charge in [0.2, 0.25) is 0 Å². The summed E-state index contributed by atoms with van der Waals surface area (Å²) in [6.07, 6.45) is -0.364. The summed E-state index contributed by atoms with van der Waals surface area (Å²) in [6.45, 7) is 3.77. The second-order valence-corrected chi connectivity index (χ2v) is 5.16. The van der Waals surface area contributed by atoms with Crippen LogP contribution in [0.4, 0.5) is 0 Å². The lowest BCUT2D eigenvalue weighted by Gasteiger charge is -2.21. The Morgan fingerprint density at radius 1 is 0.909 bits per heavy atom. The zero-order valence-corrected chi connectivity index (χ0v) is 12.5. The molecule has 0 saturated carbocycles.